The monoisotopic (exact) mass is 482 g/mol. The number of rotatable bonds is 9. The smallest absolute Gasteiger partial charge is 0.238 e. The van der Waals surface area contributed by atoms with Crippen LogP contribution in [0, 0.1) is 17.1 Å². The minimum absolute atomic E-state index is 0.0986. The van der Waals surface area contributed by atoms with Gasteiger partial charge in [-0.15, -0.1) is 5.10 Å². The Balaban J connectivity index is 1.70. The average Bonchev–Trinajstić information content (AvgIpc) is 3.47. The zero-order chi connectivity index (χ0) is 24.1. The third kappa shape index (κ3) is 5.67. The molecule has 0 saturated heterocycles. The van der Waals surface area contributed by atoms with Crippen molar-refractivity contribution in [1.29, 1.82) is 5.26 Å². The molecule has 2 N–H and O–H groups in total. The number of aromatic nitrogens is 3. The molecule has 0 unspecified atom stereocenters. The first kappa shape index (κ1) is 24.0. The van der Waals surface area contributed by atoms with Gasteiger partial charge in [-0.25, -0.2) is 27.6 Å². The lowest BCUT2D eigenvalue weighted by Crippen LogP contribution is -2.34. The summed E-state index contributed by atoms with van der Waals surface area (Å²) in [6.07, 6.45) is 5.32. The second-order valence-corrected chi connectivity index (χ2v) is 10.1. The van der Waals surface area contributed by atoms with Crippen LogP contribution in [0.25, 0.3) is 5.69 Å². The first-order chi connectivity index (χ1) is 16.3. The van der Waals surface area contributed by atoms with E-state index in [4.69, 9.17) is 15.4 Å². The molecule has 0 amide bonds. The van der Waals surface area contributed by atoms with Crippen molar-refractivity contribution in [2.24, 2.45) is 5.14 Å². The van der Waals surface area contributed by atoms with E-state index in [1.54, 1.807) is 0 Å². The zero-order valence-corrected chi connectivity index (χ0v) is 19.6. The van der Waals surface area contributed by atoms with Crippen LogP contribution in [-0.4, -0.2) is 40.7 Å². The van der Waals surface area contributed by atoms with Crippen molar-refractivity contribution < 1.29 is 12.8 Å². The summed E-state index contributed by atoms with van der Waals surface area (Å²) in [5, 5.41) is 18.8. The summed E-state index contributed by atoms with van der Waals surface area (Å²) < 4.78 is 39.7. The van der Waals surface area contributed by atoms with E-state index in [1.807, 2.05) is 30.3 Å². The van der Waals surface area contributed by atoms with Crippen LogP contribution in [0.15, 0.2) is 53.4 Å². The van der Waals surface area contributed by atoms with Gasteiger partial charge in [0.05, 0.1) is 17.5 Å². The van der Waals surface area contributed by atoms with Crippen molar-refractivity contribution in [3.05, 3.63) is 71.6 Å². The van der Waals surface area contributed by atoms with Crippen molar-refractivity contribution in [2.75, 3.05) is 6.54 Å². The first-order valence-corrected chi connectivity index (χ1v) is 12.8. The number of nitrogens with zero attached hydrogens (tertiary/aromatic N) is 5. The van der Waals surface area contributed by atoms with Crippen LogP contribution < -0.4 is 5.14 Å². The van der Waals surface area contributed by atoms with Gasteiger partial charge in [-0.1, -0.05) is 43.2 Å². The van der Waals surface area contributed by atoms with E-state index in [1.165, 1.54) is 16.8 Å². The summed E-state index contributed by atoms with van der Waals surface area (Å²) in [4.78, 5) is 6.67. The van der Waals surface area contributed by atoms with Gasteiger partial charge in [-0.2, -0.15) is 5.26 Å². The fraction of sp³-hybridized carbons (Fsp3) is 0.375. The van der Waals surface area contributed by atoms with Crippen LogP contribution in [0.5, 0.6) is 0 Å². The Morgan fingerprint density at radius 2 is 1.91 bits per heavy atom. The molecule has 1 fully saturated rings. The van der Waals surface area contributed by atoms with E-state index in [-0.39, 0.29) is 10.6 Å². The Labute approximate surface area is 198 Å². The minimum Gasteiger partial charge on any atom is -0.292 e. The summed E-state index contributed by atoms with van der Waals surface area (Å²) in [5.74, 6) is 0.315. The summed E-state index contributed by atoms with van der Waals surface area (Å²) in [6.45, 7) is 1.08. The fourth-order valence-corrected chi connectivity index (χ4v) is 4.94. The second kappa shape index (κ2) is 10.4. The maximum Gasteiger partial charge on any atom is 0.238 e. The Hall–Kier alpha value is -3.13. The number of sulfonamides is 1. The number of primary sulfonamides is 1. The van der Waals surface area contributed by atoms with Crippen LogP contribution in [0.1, 0.15) is 49.3 Å². The molecule has 0 aliphatic heterocycles. The molecule has 0 atom stereocenters. The molecule has 8 nitrogen and oxygen atoms in total. The quantitative estimate of drug-likeness (QED) is 0.500. The molecule has 10 heteroatoms. The van der Waals surface area contributed by atoms with Crippen molar-refractivity contribution in [2.45, 2.75) is 56.0 Å². The lowest BCUT2D eigenvalue weighted by atomic mass is 10.1. The van der Waals surface area contributed by atoms with E-state index in [0.29, 0.717) is 43.6 Å². The topological polar surface area (TPSA) is 118 Å². The first-order valence-electron chi connectivity index (χ1n) is 11.3. The van der Waals surface area contributed by atoms with Gasteiger partial charge in [0, 0.05) is 25.4 Å². The van der Waals surface area contributed by atoms with Crippen LogP contribution in [-0.2, 0) is 23.0 Å². The third-order valence-electron chi connectivity index (χ3n) is 6.10. The molecule has 1 aliphatic carbocycles. The van der Waals surface area contributed by atoms with Crippen LogP contribution in [0.4, 0.5) is 4.39 Å². The third-order valence-corrected chi connectivity index (χ3v) is 7.01. The standard InChI is InChI=1S/C24H27FN6O2S/c25-21-16-20(34(27,32)33)11-12-22(21)31-24(15-18-7-2-1-3-8-18)28-23(29-31)17-30(14-6-13-26)19-9-4-5-10-19/h1-3,7-8,11-12,16,19H,4-6,9-10,14-15,17H2,(H2,27,32,33). The number of benzene rings is 2. The number of halogens is 1. The van der Waals surface area contributed by atoms with Gasteiger partial charge in [-0.3, -0.25) is 4.90 Å². The Morgan fingerprint density at radius 1 is 1.18 bits per heavy atom. The SMILES string of the molecule is N#CCCN(Cc1nc(Cc2ccccc2)n(-c2ccc(S(N)(=O)=O)cc2F)n1)C1CCCC1. The predicted molar refractivity (Wildman–Crippen MR) is 125 cm³/mol. The molecule has 178 valence electrons. The molecule has 4 rings (SSSR count). The summed E-state index contributed by atoms with van der Waals surface area (Å²) >= 11 is 0. The van der Waals surface area contributed by atoms with Crippen LogP contribution in [0.2, 0.25) is 0 Å². The van der Waals surface area contributed by atoms with Gasteiger partial charge in [0.25, 0.3) is 0 Å². The fourth-order valence-electron chi connectivity index (χ4n) is 4.42. The molecular formula is C24H27FN6O2S. The van der Waals surface area contributed by atoms with E-state index in [2.05, 4.69) is 16.1 Å². The lowest BCUT2D eigenvalue weighted by Gasteiger charge is -2.26. The summed E-state index contributed by atoms with van der Waals surface area (Å²) in [5.41, 5.74) is 1.09. The number of hydrogen-bond acceptors (Lipinski definition) is 6. The summed E-state index contributed by atoms with van der Waals surface area (Å²) in [7, 11) is -4.03. The van der Waals surface area contributed by atoms with Gasteiger partial charge in [-0.05, 0) is 36.6 Å². The highest BCUT2D eigenvalue weighted by Gasteiger charge is 2.25. The Kier molecular flexibility index (Phi) is 7.36. The number of hydrogen-bond donors (Lipinski definition) is 1. The molecule has 1 aliphatic rings. The maximum atomic E-state index is 15.0. The molecule has 2 aromatic carbocycles. The van der Waals surface area contributed by atoms with Gasteiger partial charge in [0.15, 0.2) is 5.82 Å². The average molecular weight is 483 g/mol. The highest BCUT2D eigenvalue weighted by molar-refractivity contribution is 7.89. The molecule has 0 radical (unpaired) electrons. The van der Waals surface area contributed by atoms with Gasteiger partial charge < -0.3 is 0 Å². The van der Waals surface area contributed by atoms with E-state index < -0.39 is 15.8 Å². The lowest BCUT2D eigenvalue weighted by molar-refractivity contribution is 0.189. The highest BCUT2D eigenvalue weighted by atomic mass is 32.2. The largest absolute Gasteiger partial charge is 0.292 e. The van der Waals surface area contributed by atoms with E-state index in [0.717, 1.165) is 37.3 Å². The molecule has 34 heavy (non-hydrogen) atoms. The van der Waals surface area contributed by atoms with Crippen molar-refractivity contribution in [3.8, 4) is 11.8 Å². The van der Waals surface area contributed by atoms with Gasteiger partial charge in [0.2, 0.25) is 10.0 Å². The Bertz CT molecular complexity index is 1280. The molecule has 1 heterocycles. The number of nitrogens with two attached hydrogens (primary N) is 1. The molecule has 3 aromatic rings. The zero-order valence-electron chi connectivity index (χ0n) is 18.8. The highest BCUT2D eigenvalue weighted by Crippen LogP contribution is 2.26. The molecule has 1 saturated carbocycles. The second-order valence-electron chi connectivity index (χ2n) is 8.49. The predicted octanol–water partition coefficient (Wildman–Crippen LogP) is 3.30. The maximum absolute atomic E-state index is 15.0. The van der Waals surface area contributed by atoms with Crippen LogP contribution in [0.3, 0.4) is 0 Å². The minimum atomic E-state index is -4.03. The molecule has 0 spiro atoms. The summed E-state index contributed by atoms with van der Waals surface area (Å²) in [6, 6.07) is 15.8. The van der Waals surface area contributed by atoms with Crippen molar-refractivity contribution >= 4 is 10.0 Å². The van der Waals surface area contributed by atoms with E-state index >= 15 is 4.39 Å². The normalized spacial score (nSPS) is 14.5. The van der Waals surface area contributed by atoms with Crippen LogP contribution >= 0.6 is 0 Å². The van der Waals surface area contributed by atoms with Crippen molar-refractivity contribution in [3.63, 3.8) is 0 Å². The molecular weight excluding hydrogens is 455 g/mol. The van der Waals surface area contributed by atoms with Crippen molar-refractivity contribution in [1.82, 2.24) is 19.7 Å². The molecule has 1 aromatic heterocycles. The number of nitriles is 1. The van der Waals surface area contributed by atoms with E-state index in [9.17, 15) is 8.42 Å². The van der Waals surface area contributed by atoms with Gasteiger partial charge in [0.1, 0.15) is 17.3 Å². The molecule has 0 bridgehead atoms. The Morgan fingerprint density at radius 3 is 2.56 bits per heavy atom. The van der Waals surface area contributed by atoms with Gasteiger partial charge >= 0.3 is 0 Å².